The maximum atomic E-state index is 13.5. The van der Waals surface area contributed by atoms with E-state index in [0.717, 1.165) is 35.0 Å². The standard InChI is InChI=1S/C24H25N3O2S2/c1-4-6-15-27-22(29)21(23-26(5-2)19-13-9-10-14-20(19)30-23)31-24(27)25-18-12-8-7-11-17(18)16(3)28/h7-14H,4-6,15H2,1-3H3. The topological polar surface area (TPSA) is 53.0 Å². The molecule has 1 fully saturated rings. The van der Waals surface area contributed by atoms with Crippen LogP contribution in [0.1, 0.15) is 44.0 Å². The molecule has 0 radical (unpaired) electrons. The van der Waals surface area contributed by atoms with Gasteiger partial charge in [0.2, 0.25) is 0 Å². The Kier molecular flexibility index (Phi) is 6.53. The lowest BCUT2D eigenvalue weighted by molar-refractivity contribution is -0.122. The van der Waals surface area contributed by atoms with Crippen molar-refractivity contribution in [2.24, 2.45) is 4.99 Å². The number of carbonyl (C=O) groups excluding carboxylic acids is 2. The Hall–Kier alpha value is -2.51. The second-order valence-corrected chi connectivity index (χ2v) is 9.34. The molecule has 2 aromatic rings. The Balaban J connectivity index is 1.77. The number of unbranched alkanes of at least 4 members (excludes halogenated alkanes) is 1. The Morgan fingerprint density at radius 1 is 1.00 bits per heavy atom. The van der Waals surface area contributed by atoms with E-state index in [4.69, 9.17) is 4.99 Å². The van der Waals surface area contributed by atoms with Crippen LogP contribution in [0.25, 0.3) is 0 Å². The molecule has 2 aromatic carbocycles. The Bertz CT molecular complexity index is 1090. The van der Waals surface area contributed by atoms with E-state index in [1.54, 1.807) is 29.7 Å². The van der Waals surface area contributed by atoms with Crippen molar-refractivity contribution in [3.05, 3.63) is 64.0 Å². The van der Waals surface area contributed by atoms with Crippen LogP contribution in [0.4, 0.5) is 11.4 Å². The lowest BCUT2D eigenvalue weighted by atomic mass is 10.1. The van der Waals surface area contributed by atoms with Crippen molar-refractivity contribution >= 4 is 51.8 Å². The summed E-state index contributed by atoms with van der Waals surface area (Å²) < 4.78 is 0. The molecule has 0 atom stereocenters. The fourth-order valence-electron chi connectivity index (χ4n) is 3.62. The first kappa shape index (κ1) is 21.7. The fourth-order valence-corrected chi connectivity index (χ4v) is 6.03. The average Bonchev–Trinajstić information content (AvgIpc) is 3.29. The Labute approximate surface area is 191 Å². The van der Waals surface area contributed by atoms with Gasteiger partial charge in [-0.15, -0.1) is 0 Å². The van der Waals surface area contributed by atoms with Crippen molar-refractivity contribution in [2.45, 2.75) is 38.5 Å². The van der Waals surface area contributed by atoms with Crippen LogP contribution in [0, 0.1) is 0 Å². The minimum absolute atomic E-state index is 0.00809. The molecule has 1 amide bonds. The van der Waals surface area contributed by atoms with Crippen molar-refractivity contribution in [1.29, 1.82) is 0 Å². The number of Topliss-reactive ketones (excluding diaryl/α,β-unsaturated/α-hetero) is 1. The van der Waals surface area contributed by atoms with Gasteiger partial charge in [0.15, 0.2) is 11.0 Å². The summed E-state index contributed by atoms with van der Waals surface area (Å²) >= 11 is 3.05. The molecule has 7 heteroatoms. The number of carbonyl (C=O) groups is 2. The highest BCUT2D eigenvalue weighted by molar-refractivity contribution is 8.19. The van der Waals surface area contributed by atoms with Crippen LogP contribution in [0.2, 0.25) is 0 Å². The van der Waals surface area contributed by atoms with Gasteiger partial charge in [0.05, 0.1) is 11.4 Å². The summed E-state index contributed by atoms with van der Waals surface area (Å²) in [6.45, 7) is 7.15. The molecule has 1 saturated heterocycles. The number of amidine groups is 1. The molecule has 0 unspecified atom stereocenters. The van der Waals surface area contributed by atoms with E-state index in [2.05, 4.69) is 30.9 Å². The third kappa shape index (κ3) is 4.16. The van der Waals surface area contributed by atoms with E-state index in [1.165, 1.54) is 11.8 Å². The average molecular weight is 452 g/mol. The van der Waals surface area contributed by atoms with E-state index < -0.39 is 0 Å². The zero-order valence-electron chi connectivity index (χ0n) is 17.9. The molecular formula is C24H25N3O2S2. The maximum Gasteiger partial charge on any atom is 0.269 e. The van der Waals surface area contributed by atoms with E-state index in [0.29, 0.717) is 27.9 Å². The predicted octanol–water partition coefficient (Wildman–Crippen LogP) is 6.05. The van der Waals surface area contributed by atoms with Gasteiger partial charge in [-0.2, -0.15) is 0 Å². The molecular weight excluding hydrogens is 426 g/mol. The van der Waals surface area contributed by atoms with Gasteiger partial charge < -0.3 is 4.90 Å². The number of nitrogens with zero attached hydrogens (tertiary/aromatic N) is 3. The van der Waals surface area contributed by atoms with Gasteiger partial charge in [-0.1, -0.05) is 49.4 Å². The molecule has 160 valence electrons. The monoisotopic (exact) mass is 451 g/mol. The van der Waals surface area contributed by atoms with Crippen molar-refractivity contribution in [3.8, 4) is 0 Å². The molecule has 2 aliphatic rings. The van der Waals surface area contributed by atoms with Crippen molar-refractivity contribution in [2.75, 3.05) is 18.0 Å². The first-order valence-electron chi connectivity index (χ1n) is 10.5. The van der Waals surface area contributed by atoms with Crippen molar-refractivity contribution in [1.82, 2.24) is 4.90 Å². The number of anilines is 1. The number of fused-ring (bicyclic) bond motifs is 1. The molecule has 2 heterocycles. The summed E-state index contributed by atoms with van der Waals surface area (Å²) in [6, 6.07) is 15.5. The molecule has 0 bridgehead atoms. The van der Waals surface area contributed by atoms with Gasteiger partial charge in [-0.05, 0) is 56.3 Å². The molecule has 5 nitrogen and oxygen atoms in total. The van der Waals surface area contributed by atoms with Gasteiger partial charge in [0.1, 0.15) is 9.93 Å². The van der Waals surface area contributed by atoms with Gasteiger partial charge in [-0.3, -0.25) is 14.5 Å². The highest BCUT2D eigenvalue weighted by Gasteiger charge is 2.39. The van der Waals surface area contributed by atoms with Crippen molar-refractivity contribution < 1.29 is 9.59 Å². The maximum absolute atomic E-state index is 13.5. The van der Waals surface area contributed by atoms with Crippen LogP contribution < -0.4 is 4.90 Å². The Morgan fingerprint density at radius 3 is 2.48 bits per heavy atom. The normalized spacial score (nSPS) is 19.5. The van der Waals surface area contributed by atoms with Crippen LogP contribution in [-0.4, -0.2) is 34.8 Å². The second-order valence-electron chi connectivity index (χ2n) is 7.33. The van der Waals surface area contributed by atoms with Crippen LogP contribution in [0.15, 0.2) is 68.4 Å². The van der Waals surface area contributed by atoms with Crippen LogP contribution in [-0.2, 0) is 4.79 Å². The highest BCUT2D eigenvalue weighted by atomic mass is 32.2. The Morgan fingerprint density at radius 2 is 1.74 bits per heavy atom. The van der Waals surface area contributed by atoms with E-state index in [1.807, 2.05) is 30.3 Å². The number of amides is 1. The number of benzene rings is 2. The number of aliphatic imine (C=N–C) groups is 1. The molecule has 0 aromatic heterocycles. The third-order valence-corrected chi connectivity index (χ3v) is 7.60. The first-order valence-corrected chi connectivity index (χ1v) is 12.2. The fraction of sp³-hybridized carbons (Fsp3) is 0.292. The smallest absolute Gasteiger partial charge is 0.269 e. The summed E-state index contributed by atoms with van der Waals surface area (Å²) in [6.07, 6.45) is 1.88. The summed E-state index contributed by atoms with van der Waals surface area (Å²) in [5.41, 5.74) is 2.31. The SMILES string of the molecule is CCCCN1C(=O)C(=C2Sc3ccccc3N2CC)SC1=Nc1ccccc1C(C)=O. The van der Waals surface area contributed by atoms with E-state index in [9.17, 15) is 9.59 Å². The number of thioether (sulfide) groups is 2. The molecule has 0 spiro atoms. The number of hydrogen-bond donors (Lipinski definition) is 0. The van der Waals surface area contributed by atoms with Gasteiger partial charge in [0, 0.05) is 23.5 Å². The zero-order chi connectivity index (χ0) is 22.0. The molecule has 0 saturated carbocycles. The summed E-state index contributed by atoms with van der Waals surface area (Å²) in [4.78, 5) is 36.2. The zero-order valence-corrected chi connectivity index (χ0v) is 19.6. The van der Waals surface area contributed by atoms with Gasteiger partial charge in [-0.25, -0.2) is 4.99 Å². The van der Waals surface area contributed by atoms with E-state index in [-0.39, 0.29) is 11.7 Å². The molecule has 4 rings (SSSR count). The largest absolute Gasteiger partial charge is 0.334 e. The first-order chi connectivity index (χ1) is 15.0. The van der Waals surface area contributed by atoms with E-state index >= 15 is 0 Å². The minimum Gasteiger partial charge on any atom is -0.334 e. The van der Waals surface area contributed by atoms with Gasteiger partial charge in [0.25, 0.3) is 5.91 Å². The lowest BCUT2D eigenvalue weighted by Crippen LogP contribution is -2.30. The molecule has 31 heavy (non-hydrogen) atoms. The number of para-hydroxylation sites is 2. The molecule has 2 aliphatic heterocycles. The number of rotatable bonds is 6. The third-order valence-electron chi connectivity index (χ3n) is 5.22. The summed E-state index contributed by atoms with van der Waals surface area (Å²) in [5, 5.41) is 1.60. The molecule has 0 aliphatic carbocycles. The van der Waals surface area contributed by atoms with Crippen LogP contribution >= 0.6 is 23.5 Å². The lowest BCUT2D eigenvalue weighted by Gasteiger charge is -2.19. The predicted molar refractivity (Wildman–Crippen MR) is 130 cm³/mol. The van der Waals surface area contributed by atoms with Crippen LogP contribution in [0.5, 0.6) is 0 Å². The highest BCUT2D eigenvalue weighted by Crippen LogP contribution is 2.50. The van der Waals surface area contributed by atoms with Crippen molar-refractivity contribution in [3.63, 3.8) is 0 Å². The second kappa shape index (κ2) is 9.32. The summed E-state index contributed by atoms with van der Waals surface area (Å²) in [7, 11) is 0. The van der Waals surface area contributed by atoms with Gasteiger partial charge >= 0.3 is 0 Å². The number of ketones is 1. The summed E-state index contributed by atoms with van der Waals surface area (Å²) in [5.74, 6) is -0.0434. The quantitative estimate of drug-likeness (QED) is 0.395. The molecule has 0 N–H and O–H groups in total. The van der Waals surface area contributed by atoms with Crippen LogP contribution in [0.3, 0.4) is 0 Å². The number of hydrogen-bond acceptors (Lipinski definition) is 6. The minimum atomic E-state index is -0.0353.